The number of hydrogen-bond donors (Lipinski definition) is 0. The average Bonchev–Trinajstić information content (AvgIpc) is 3.04. The highest BCUT2D eigenvalue weighted by atomic mass is 16.5. The van der Waals surface area contributed by atoms with E-state index >= 15 is 0 Å². The van der Waals surface area contributed by atoms with E-state index in [0.29, 0.717) is 5.92 Å². The van der Waals surface area contributed by atoms with Crippen molar-refractivity contribution >= 4 is 5.97 Å². The third-order valence-electron chi connectivity index (χ3n) is 5.38. The van der Waals surface area contributed by atoms with E-state index < -0.39 is 0 Å². The van der Waals surface area contributed by atoms with Gasteiger partial charge in [0.15, 0.2) is 0 Å². The van der Waals surface area contributed by atoms with Gasteiger partial charge >= 0.3 is 5.97 Å². The minimum atomic E-state index is -0.331. The third-order valence-corrected chi connectivity index (χ3v) is 5.38. The number of rotatable bonds is 6. The molecule has 0 radical (unpaired) electrons. The summed E-state index contributed by atoms with van der Waals surface area (Å²) in [6.45, 7) is 6.24. The lowest BCUT2D eigenvalue weighted by Crippen LogP contribution is -2.33. The van der Waals surface area contributed by atoms with Gasteiger partial charge < -0.3 is 4.74 Å². The number of para-hydroxylation sites is 1. The molecule has 2 heteroatoms. The highest BCUT2D eigenvalue weighted by Crippen LogP contribution is 2.40. The normalized spacial score (nSPS) is 16.1. The van der Waals surface area contributed by atoms with E-state index in [0.717, 1.165) is 25.0 Å². The first kappa shape index (κ1) is 16.1. The van der Waals surface area contributed by atoms with E-state index in [2.05, 4.69) is 32.9 Å². The van der Waals surface area contributed by atoms with E-state index in [1.54, 1.807) is 0 Å². The minimum Gasteiger partial charge on any atom is -0.426 e. The lowest BCUT2D eigenvalue weighted by Gasteiger charge is -2.28. The standard InChI is InChI=1S/C19H28O2/c1-4-19(5-2,6-3)18(20)21-17-14-10-9-13-16(17)15-11-7-8-12-15/h9-10,13-15H,4-8,11-12H2,1-3H3. The second-order valence-electron chi connectivity index (χ2n) is 6.25. The predicted octanol–water partition coefficient (Wildman–Crippen LogP) is 5.47. The largest absolute Gasteiger partial charge is 0.426 e. The van der Waals surface area contributed by atoms with Crippen LogP contribution >= 0.6 is 0 Å². The zero-order valence-electron chi connectivity index (χ0n) is 13.7. The highest BCUT2D eigenvalue weighted by Gasteiger charge is 2.35. The van der Waals surface area contributed by atoms with Crippen LogP contribution in [0.3, 0.4) is 0 Å². The van der Waals surface area contributed by atoms with Crippen LogP contribution in [0.1, 0.15) is 77.2 Å². The second kappa shape index (κ2) is 7.11. The van der Waals surface area contributed by atoms with Crippen LogP contribution in [0, 0.1) is 5.41 Å². The molecule has 0 heterocycles. The molecule has 1 aliphatic rings. The van der Waals surface area contributed by atoms with Crippen molar-refractivity contribution in [3.05, 3.63) is 29.8 Å². The van der Waals surface area contributed by atoms with Gasteiger partial charge in [-0.15, -0.1) is 0 Å². The highest BCUT2D eigenvalue weighted by molar-refractivity contribution is 5.79. The number of hydrogen-bond acceptors (Lipinski definition) is 2. The quantitative estimate of drug-likeness (QED) is 0.513. The van der Waals surface area contributed by atoms with Gasteiger partial charge in [0.25, 0.3) is 0 Å². The first-order valence-electron chi connectivity index (χ1n) is 8.48. The summed E-state index contributed by atoms with van der Waals surface area (Å²) in [5, 5.41) is 0. The molecule has 1 aromatic rings. The molecule has 0 spiro atoms. The van der Waals surface area contributed by atoms with Crippen LogP contribution in [0.15, 0.2) is 24.3 Å². The van der Waals surface area contributed by atoms with Crippen molar-refractivity contribution < 1.29 is 9.53 Å². The topological polar surface area (TPSA) is 26.3 Å². The summed E-state index contributed by atoms with van der Waals surface area (Å²) >= 11 is 0. The van der Waals surface area contributed by atoms with Crippen LogP contribution in [0.2, 0.25) is 0 Å². The van der Waals surface area contributed by atoms with Gasteiger partial charge in [0, 0.05) is 0 Å². The Morgan fingerprint density at radius 2 is 1.67 bits per heavy atom. The molecular formula is C19H28O2. The van der Waals surface area contributed by atoms with Crippen molar-refractivity contribution in [3.8, 4) is 5.75 Å². The Balaban J connectivity index is 2.21. The maximum atomic E-state index is 12.7. The van der Waals surface area contributed by atoms with E-state index in [1.165, 1.54) is 31.2 Å². The summed E-state index contributed by atoms with van der Waals surface area (Å²) in [7, 11) is 0. The maximum Gasteiger partial charge on any atom is 0.317 e. The second-order valence-corrected chi connectivity index (χ2v) is 6.25. The summed E-state index contributed by atoms with van der Waals surface area (Å²) in [4.78, 5) is 12.7. The van der Waals surface area contributed by atoms with E-state index in [1.807, 2.05) is 12.1 Å². The number of carbonyl (C=O) groups is 1. The molecular weight excluding hydrogens is 260 g/mol. The van der Waals surface area contributed by atoms with Crippen LogP contribution in [-0.4, -0.2) is 5.97 Å². The fraction of sp³-hybridized carbons (Fsp3) is 0.632. The molecule has 0 bridgehead atoms. The molecule has 0 unspecified atom stereocenters. The van der Waals surface area contributed by atoms with Crippen LogP contribution in [0.25, 0.3) is 0 Å². The number of esters is 1. The van der Waals surface area contributed by atoms with Gasteiger partial charge in [0.05, 0.1) is 5.41 Å². The van der Waals surface area contributed by atoms with Crippen LogP contribution in [0.5, 0.6) is 5.75 Å². The van der Waals surface area contributed by atoms with Gasteiger partial charge in [-0.2, -0.15) is 0 Å². The smallest absolute Gasteiger partial charge is 0.317 e. The maximum absolute atomic E-state index is 12.7. The molecule has 0 saturated heterocycles. The molecule has 1 aromatic carbocycles. The molecule has 1 saturated carbocycles. The lowest BCUT2D eigenvalue weighted by molar-refractivity contribution is -0.146. The number of benzene rings is 1. The molecule has 1 fully saturated rings. The van der Waals surface area contributed by atoms with Gasteiger partial charge in [0.2, 0.25) is 0 Å². The Kier molecular flexibility index (Phi) is 5.44. The van der Waals surface area contributed by atoms with Gasteiger partial charge in [-0.25, -0.2) is 0 Å². The SMILES string of the molecule is CCC(CC)(CC)C(=O)Oc1ccccc1C1CCCC1. The Bertz CT molecular complexity index is 460. The zero-order chi connectivity index (χ0) is 15.3. The van der Waals surface area contributed by atoms with Gasteiger partial charge in [-0.1, -0.05) is 51.8 Å². The van der Waals surface area contributed by atoms with Crippen molar-refractivity contribution in [1.29, 1.82) is 0 Å². The Morgan fingerprint density at radius 1 is 1.10 bits per heavy atom. The molecule has 116 valence electrons. The Morgan fingerprint density at radius 3 is 2.24 bits per heavy atom. The lowest BCUT2D eigenvalue weighted by atomic mass is 9.80. The van der Waals surface area contributed by atoms with Crippen LogP contribution in [-0.2, 0) is 4.79 Å². The Hall–Kier alpha value is -1.31. The molecule has 0 amide bonds. The first-order valence-corrected chi connectivity index (χ1v) is 8.48. The summed E-state index contributed by atoms with van der Waals surface area (Å²) in [5.74, 6) is 1.29. The van der Waals surface area contributed by atoms with Crippen molar-refractivity contribution in [2.75, 3.05) is 0 Å². The average molecular weight is 288 g/mol. The number of ether oxygens (including phenoxy) is 1. The van der Waals surface area contributed by atoms with E-state index in [-0.39, 0.29) is 11.4 Å². The fourth-order valence-electron chi connectivity index (χ4n) is 3.54. The van der Waals surface area contributed by atoms with E-state index in [4.69, 9.17) is 4.74 Å². The predicted molar refractivity (Wildman–Crippen MR) is 86.6 cm³/mol. The Labute approximate surface area is 128 Å². The summed E-state index contributed by atoms with van der Waals surface area (Å²) in [6, 6.07) is 8.10. The van der Waals surface area contributed by atoms with Crippen molar-refractivity contribution in [2.45, 2.75) is 71.6 Å². The van der Waals surface area contributed by atoms with Crippen molar-refractivity contribution in [3.63, 3.8) is 0 Å². The summed E-state index contributed by atoms with van der Waals surface area (Å²) < 4.78 is 5.86. The monoisotopic (exact) mass is 288 g/mol. The molecule has 0 N–H and O–H groups in total. The molecule has 2 nitrogen and oxygen atoms in total. The van der Waals surface area contributed by atoms with Crippen molar-refractivity contribution in [2.24, 2.45) is 5.41 Å². The molecule has 21 heavy (non-hydrogen) atoms. The van der Waals surface area contributed by atoms with Crippen LogP contribution < -0.4 is 4.74 Å². The van der Waals surface area contributed by atoms with E-state index in [9.17, 15) is 4.79 Å². The summed E-state index contributed by atoms with van der Waals surface area (Å²) in [6.07, 6.45) is 7.52. The van der Waals surface area contributed by atoms with Crippen LogP contribution in [0.4, 0.5) is 0 Å². The van der Waals surface area contributed by atoms with Gasteiger partial charge in [-0.3, -0.25) is 4.79 Å². The van der Waals surface area contributed by atoms with Gasteiger partial charge in [-0.05, 0) is 49.7 Å². The molecule has 0 aromatic heterocycles. The molecule has 0 atom stereocenters. The van der Waals surface area contributed by atoms with Crippen molar-refractivity contribution in [1.82, 2.24) is 0 Å². The zero-order valence-corrected chi connectivity index (χ0v) is 13.7. The third kappa shape index (κ3) is 3.30. The summed E-state index contributed by atoms with van der Waals surface area (Å²) in [5.41, 5.74) is 0.892. The fourth-order valence-corrected chi connectivity index (χ4v) is 3.54. The molecule has 0 aliphatic heterocycles. The first-order chi connectivity index (χ1) is 10.2. The van der Waals surface area contributed by atoms with Gasteiger partial charge in [0.1, 0.15) is 5.75 Å². The number of carbonyl (C=O) groups excluding carboxylic acids is 1. The minimum absolute atomic E-state index is 0.0551. The molecule has 1 aliphatic carbocycles. The molecule has 2 rings (SSSR count).